The van der Waals surface area contributed by atoms with E-state index in [1.165, 1.54) is 29.9 Å². The number of aromatic amines is 1. The fourth-order valence-corrected chi connectivity index (χ4v) is 61.5. The number of anilines is 1. The third kappa shape index (κ3) is 18.9. The van der Waals surface area contributed by atoms with Crippen LogP contribution >= 0.6 is 0 Å². The van der Waals surface area contributed by atoms with Crippen molar-refractivity contribution in [1.82, 2.24) is 9.97 Å². The van der Waals surface area contributed by atoms with Crippen molar-refractivity contribution in [3.8, 4) is 33.6 Å². The fraction of sp³-hybridized carbons (Fsp3) is 0. The Balaban J connectivity index is 0.000000245. The molecule has 5 aromatic rings. The first-order valence-corrected chi connectivity index (χ1v) is 45.4. The number of imidazole rings is 1. The standard InChI is InChI=1S/C25H18FN3.S25/c26-18-11-12-19(22(27)13-18)25-28-23-14-20(16-7-3-1-4-8-16)21(15-24(23)29-25)17-9-5-2-6-10-17;1-3-5-7-9-11-13-15-17-19-21-23-25-24-22-20-18-16-14-12-10-8-6-4-2/h1-15H,27H2,(H,28,29);. The number of fused-ring (bicyclic) bond motifs is 1. The van der Waals surface area contributed by atoms with E-state index in [4.69, 9.17) is 33.1 Å². The van der Waals surface area contributed by atoms with Gasteiger partial charge in [0.1, 0.15) is 11.6 Å². The van der Waals surface area contributed by atoms with Crippen molar-refractivity contribution in [2.24, 2.45) is 0 Å². The SMILES string of the molecule is Nc1cc(F)ccc1-c1nc2cc(-c3ccccc3)c(-c3ccccc3)cc2[nH]1.S=S=S=S=S=S=S=S=S=S=S=S=S=S=S=S=S=S=S=S=S=S=S=S=S. The molecular weight excluding hydrogens is 1160 g/mol. The number of hydrogen-bond donors (Lipinski definition) is 2. The molecule has 0 atom stereocenters. The van der Waals surface area contributed by atoms with Crippen molar-refractivity contribution in [3.63, 3.8) is 0 Å². The highest BCUT2D eigenvalue weighted by molar-refractivity contribution is 8.79. The molecule has 0 fully saturated rings. The molecule has 29 heteroatoms. The van der Waals surface area contributed by atoms with Crippen LogP contribution in [0.15, 0.2) is 91.0 Å². The van der Waals surface area contributed by atoms with Crippen LogP contribution in [0.4, 0.5) is 10.1 Å². The third-order valence-corrected chi connectivity index (χ3v) is 54.6. The van der Waals surface area contributed by atoms with Crippen LogP contribution < -0.4 is 5.73 Å². The Labute approximate surface area is 386 Å². The van der Waals surface area contributed by atoms with Crippen LogP contribution in [0.1, 0.15) is 0 Å². The zero-order valence-electron chi connectivity index (χ0n) is 25.8. The maximum absolute atomic E-state index is 13.4. The largest absolute Gasteiger partial charge is 0.398 e. The van der Waals surface area contributed by atoms with E-state index in [0.717, 1.165) is 33.3 Å². The Morgan fingerprint density at radius 3 is 1.24 bits per heavy atom. The number of nitrogens with two attached hydrogens (primary N) is 1. The minimum atomic E-state index is -0.361. The van der Waals surface area contributed by atoms with Gasteiger partial charge in [0.15, 0.2) is 0 Å². The van der Waals surface area contributed by atoms with Crippen LogP contribution in [0.5, 0.6) is 0 Å². The average molecular weight is 1180 g/mol. The summed E-state index contributed by atoms with van der Waals surface area (Å²) in [6, 6.07) is 29.1. The molecule has 5 rings (SSSR count). The zero-order chi connectivity index (χ0) is 38.1. The fourth-order valence-electron chi connectivity index (χ4n) is 3.88. The predicted octanol–water partition coefficient (Wildman–Crippen LogP) is 6.23. The van der Waals surface area contributed by atoms with Crippen LogP contribution in [-0.4, -0.2) is 9.97 Å². The number of aromatic nitrogens is 2. The van der Waals surface area contributed by atoms with Crippen molar-refractivity contribution in [2.75, 3.05) is 5.73 Å². The van der Waals surface area contributed by atoms with E-state index < -0.39 is 0 Å². The Morgan fingerprint density at radius 2 is 0.852 bits per heavy atom. The Kier molecular flexibility index (Phi) is 27.3. The Bertz CT molecular complexity index is 3020. The summed E-state index contributed by atoms with van der Waals surface area (Å²) in [5.74, 6) is 0.266. The molecule has 0 aliphatic carbocycles. The molecule has 0 aliphatic rings. The van der Waals surface area contributed by atoms with Crippen molar-refractivity contribution in [2.45, 2.75) is 0 Å². The van der Waals surface area contributed by atoms with Gasteiger partial charge in [-0.3, -0.25) is 0 Å². The van der Waals surface area contributed by atoms with Gasteiger partial charge in [-0.1, -0.05) is 60.7 Å². The van der Waals surface area contributed by atoms with Gasteiger partial charge in [-0.15, -0.1) is 0 Å². The lowest BCUT2D eigenvalue weighted by atomic mass is 9.94. The van der Waals surface area contributed by atoms with E-state index in [9.17, 15) is 4.39 Å². The lowest BCUT2D eigenvalue weighted by molar-refractivity contribution is 0.628. The van der Waals surface area contributed by atoms with Gasteiger partial charge in [0, 0.05) is 238 Å². The minimum absolute atomic E-state index is 0.357. The number of nitrogen functional groups attached to an aromatic ring is 1. The number of nitrogens with zero attached hydrogens (tertiary/aromatic N) is 1. The number of hydrogen-bond acceptors (Lipinski definition) is 4. The number of halogens is 1. The molecule has 0 unspecified atom stereocenters. The molecule has 0 aliphatic heterocycles. The van der Waals surface area contributed by atoms with Crippen LogP contribution in [0.2, 0.25) is 0 Å². The Morgan fingerprint density at radius 1 is 0.463 bits per heavy atom. The molecule has 0 bridgehead atoms. The van der Waals surface area contributed by atoms with Gasteiger partial charge in [0.05, 0.1) is 11.0 Å². The van der Waals surface area contributed by atoms with Crippen LogP contribution in [0.3, 0.4) is 0 Å². The summed E-state index contributed by atoms with van der Waals surface area (Å²) >= 11 is 9.55. The number of rotatable bonds is 3. The highest BCUT2D eigenvalue weighted by Crippen LogP contribution is 2.36. The number of H-pyrrole nitrogens is 1. The van der Waals surface area contributed by atoms with E-state index in [2.05, 4.69) is 41.4 Å². The van der Waals surface area contributed by atoms with E-state index >= 15 is 0 Å². The second kappa shape index (κ2) is 30.6. The molecule has 4 aromatic carbocycles. The molecule has 290 valence electrons. The first kappa shape index (κ1) is 48.2. The van der Waals surface area contributed by atoms with Crippen molar-refractivity contribution in [1.29, 1.82) is 0 Å². The first-order valence-electron chi connectivity index (χ1n) is 13.4. The third-order valence-electron chi connectivity index (χ3n) is 5.67. The second-order valence-corrected chi connectivity index (χ2v) is 49.2. The second-order valence-electron chi connectivity index (χ2n) is 8.53. The molecule has 54 heavy (non-hydrogen) atoms. The topological polar surface area (TPSA) is 54.7 Å². The summed E-state index contributed by atoms with van der Waals surface area (Å²) < 4.78 is 13.4. The summed E-state index contributed by atoms with van der Waals surface area (Å²) in [5.41, 5.74) is 13.3. The molecule has 0 amide bonds. The van der Waals surface area contributed by atoms with Crippen molar-refractivity contribution in [3.05, 3.63) is 96.8 Å². The molecule has 0 radical (unpaired) electrons. The van der Waals surface area contributed by atoms with Gasteiger partial charge in [-0.25, -0.2) is 9.37 Å². The maximum atomic E-state index is 13.4. The first-order chi connectivity index (χ1) is 26.6. The quantitative estimate of drug-likeness (QED) is 0.211. The molecule has 1 heterocycles. The summed E-state index contributed by atoms with van der Waals surface area (Å²) in [5, 5.41) is 0. The zero-order valence-corrected chi connectivity index (χ0v) is 46.2. The number of nitrogens with one attached hydrogen (secondary N) is 1. The normalized spacial score (nSPS) is 9.43. The lowest BCUT2D eigenvalue weighted by Crippen LogP contribution is -1.92. The van der Waals surface area contributed by atoms with Crippen molar-refractivity contribution < 1.29 is 4.39 Å². The predicted molar refractivity (Wildman–Crippen MR) is 301 cm³/mol. The van der Waals surface area contributed by atoms with E-state index in [1.54, 1.807) is 130 Å². The molecule has 0 spiro atoms. The van der Waals surface area contributed by atoms with Gasteiger partial charge >= 0.3 is 0 Å². The van der Waals surface area contributed by atoms with Crippen LogP contribution in [0.25, 0.3) is 44.7 Å². The number of benzene rings is 4. The summed E-state index contributed by atoms with van der Waals surface area (Å²) in [4.78, 5) is 8.08. The summed E-state index contributed by atoms with van der Waals surface area (Å²) in [7, 11) is 40.0. The molecule has 3 N–H and O–H groups in total. The molecule has 0 saturated carbocycles. The lowest BCUT2D eigenvalue weighted by Gasteiger charge is -2.10. The van der Waals surface area contributed by atoms with Crippen LogP contribution in [0, 0.1) is 5.82 Å². The molecule has 0 saturated heterocycles. The average Bonchev–Trinajstić information content (AvgIpc) is 3.62. The monoisotopic (exact) mass is 1180 g/mol. The van der Waals surface area contributed by atoms with Crippen LogP contribution in [-0.2, 0) is 227 Å². The highest BCUT2D eigenvalue weighted by atomic mass is 33.5. The van der Waals surface area contributed by atoms with Gasteiger partial charge in [0.2, 0.25) is 0 Å². The van der Waals surface area contributed by atoms with E-state index in [0.29, 0.717) is 17.1 Å². The van der Waals surface area contributed by atoms with Gasteiger partial charge in [0.25, 0.3) is 0 Å². The van der Waals surface area contributed by atoms with Gasteiger partial charge < -0.3 is 10.7 Å². The van der Waals surface area contributed by atoms with E-state index in [-0.39, 0.29) is 5.82 Å². The minimum Gasteiger partial charge on any atom is -0.398 e. The molecule has 3 nitrogen and oxygen atoms in total. The molecular formula is C25H18FN3S25. The van der Waals surface area contributed by atoms with Crippen molar-refractivity contribution >= 4 is 243 Å². The maximum Gasteiger partial charge on any atom is 0.140 e. The van der Waals surface area contributed by atoms with E-state index in [1.807, 2.05) is 98.6 Å². The summed E-state index contributed by atoms with van der Waals surface area (Å²) in [6.45, 7) is 0. The molecule has 1 aromatic heterocycles. The summed E-state index contributed by atoms with van der Waals surface area (Å²) in [6.07, 6.45) is 0. The van der Waals surface area contributed by atoms with Gasteiger partial charge in [-0.05, 0) is 52.6 Å². The Hall–Kier alpha value is 1.58. The smallest absolute Gasteiger partial charge is 0.140 e. The highest BCUT2D eigenvalue weighted by Gasteiger charge is 2.14. The van der Waals surface area contributed by atoms with Gasteiger partial charge in [-0.2, -0.15) is 0 Å².